The van der Waals surface area contributed by atoms with E-state index in [1.54, 1.807) is 11.1 Å². The molecular formula is C104H154O10. The molecule has 8 aliphatic carbocycles. The number of benzene rings is 4. The summed E-state index contributed by atoms with van der Waals surface area (Å²) in [6, 6.07) is 32.8. The van der Waals surface area contributed by atoms with Crippen molar-refractivity contribution in [1.29, 1.82) is 0 Å². The summed E-state index contributed by atoms with van der Waals surface area (Å²) >= 11 is 0. The Balaban J connectivity index is 0.437. The first kappa shape index (κ1) is 87.4. The molecule has 2 unspecified atom stereocenters. The number of para-hydroxylation sites is 4. The molecule has 10 heteroatoms. The first-order valence-corrected chi connectivity index (χ1v) is 47.2. The average Bonchev–Trinajstić information content (AvgIpc) is 1.46. The fourth-order valence-corrected chi connectivity index (χ4v) is 24.5. The SMILES string of the molecule is CC(C)CCC[C@@H](C)[C@H]1CC[C@H]2[C@@H]3CC=C4CC(OC(=O)CCCCCCOc5ccccc5OCCCCCCOc5ccc(-c6ccc(OCCCCCCOc7ccccc7OCCCCCCC(=O)OC7CC[C@@]8(C)C(=CC[C@H]9[C@@H]%10CC[C@H]([C@H](C)CCCC(C)C)[C@@]%10(C)CC[C@@H]98)C7)cc6)cc5)CC[C@]4(C)[C@H]3CC[C@]12C. The molecule has 8 aliphatic rings. The van der Waals surface area contributed by atoms with E-state index in [0.717, 1.165) is 258 Å². The standard InChI is InChI=1S/C104H154O10/c1-75(2)33-31-35-77(5)89-55-57-91-87-53-47-81-73-85(59-63-101(81,7)93(87)61-65-103(89,91)9)113-99(105)41-19-11-13-27-69-109-95-37-21-23-39-97(95)111-71-29-17-15-25-67-107-83-49-43-79(44-50-83)80-45-51-84(52-46-80)108-68-26-16-18-30-72-112-98-40-24-22-38-96(98)110-70-28-14-12-20-42-100(106)114-86-60-64-102(8)82(74-86)48-54-88-92-58-56-90(78(6)36-32-34-76(3)4)104(92,10)66-62-94(88)102/h21-24,37-40,43-52,75-78,85-94H,11-20,25-36,41-42,53-74H2,1-10H3/t77-,78-,85?,86?,87+,88+,89-,90-,91+,92+,93+,94+,101+,102+,103-,104-/m1/s1. The lowest BCUT2D eigenvalue weighted by molar-refractivity contribution is -0.152. The Morgan fingerprint density at radius 2 is 0.684 bits per heavy atom. The van der Waals surface area contributed by atoms with Gasteiger partial charge in [0.25, 0.3) is 0 Å². The van der Waals surface area contributed by atoms with Gasteiger partial charge in [-0.1, -0.05) is 205 Å². The summed E-state index contributed by atoms with van der Waals surface area (Å²) in [5.74, 6) is 15.0. The number of esters is 2. The first-order valence-electron chi connectivity index (χ1n) is 47.2. The highest BCUT2D eigenvalue weighted by Gasteiger charge is 2.61. The van der Waals surface area contributed by atoms with E-state index in [1.807, 2.05) is 48.5 Å². The van der Waals surface area contributed by atoms with Crippen LogP contribution in [0, 0.1) is 92.7 Å². The molecule has 16 atom stereocenters. The number of unbranched alkanes of at least 4 members (excludes halogenated alkanes) is 12. The maximum atomic E-state index is 13.2. The van der Waals surface area contributed by atoms with Gasteiger partial charge in [-0.25, -0.2) is 0 Å². The van der Waals surface area contributed by atoms with E-state index in [2.05, 4.69) is 130 Å². The molecule has 6 saturated carbocycles. The first-order chi connectivity index (χ1) is 55.3. The normalized spacial score (nSPS) is 28.6. The summed E-state index contributed by atoms with van der Waals surface area (Å²) in [5.41, 5.74) is 7.09. The van der Waals surface area contributed by atoms with Gasteiger partial charge in [0.2, 0.25) is 0 Å². The summed E-state index contributed by atoms with van der Waals surface area (Å²) in [5, 5.41) is 0. The summed E-state index contributed by atoms with van der Waals surface area (Å²) in [4.78, 5) is 26.3. The number of hydrogen-bond acceptors (Lipinski definition) is 10. The Labute approximate surface area is 692 Å². The van der Waals surface area contributed by atoms with Gasteiger partial charge in [-0.2, -0.15) is 0 Å². The van der Waals surface area contributed by atoms with Crippen LogP contribution in [-0.2, 0) is 19.1 Å². The molecule has 0 heterocycles. The molecule has 0 radical (unpaired) electrons. The topological polar surface area (TPSA) is 108 Å². The lowest BCUT2D eigenvalue weighted by atomic mass is 9.47. The Kier molecular flexibility index (Phi) is 32.7. The lowest BCUT2D eigenvalue weighted by Crippen LogP contribution is -2.51. The van der Waals surface area contributed by atoms with Gasteiger partial charge in [-0.05, 0) is 319 Å². The second-order valence-electron chi connectivity index (χ2n) is 39.5. The quantitative estimate of drug-likeness (QED) is 0.0241. The number of ether oxygens (including phenoxy) is 8. The van der Waals surface area contributed by atoms with Crippen LogP contribution in [0.3, 0.4) is 0 Å². The lowest BCUT2D eigenvalue weighted by Gasteiger charge is -2.58. The second-order valence-corrected chi connectivity index (χ2v) is 39.5. The molecule has 0 bridgehead atoms. The monoisotopic (exact) mass is 1560 g/mol. The molecule has 12 rings (SSSR count). The third-order valence-electron chi connectivity index (χ3n) is 31.1. The zero-order valence-corrected chi connectivity index (χ0v) is 73.1. The molecule has 0 N–H and O–H groups in total. The van der Waals surface area contributed by atoms with Crippen molar-refractivity contribution in [1.82, 2.24) is 0 Å². The molecule has 0 aromatic heterocycles. The van der Waals surface area contributed by atoms with Crippen LogP contribution in [0.4, 0.5) is 0 Å². The van der Waals surface area contributed by atoms with Crippen molar-refractivity contribution < 1.29 is 47.5 Å². The van der Waals surface area contributed by atoms with Gasteiger partial charge in [0.15, 0.2) is 23.0 Å². The van der Waals surface area contributed by atoms with Gasteiger partial charge in [-0.3, -0.25) is 9.59 Å². The second kappa shape index (κ2) is 42.7. The van der Waals surface area contributed by atoms with Crippen molar-refractivity contribution in [2.75, 3.05) is 39.6 Å². The predicted molar refractivity (Wildman–Crippen MR) is 467 cm³/mol. The molecule has 6 fully saturated rings. The van der Waals surface area contributed by atoms with E-state index in [-0.39, 0.29) is 35.0 Å². The summed E-state index contributed by atoms with van der Waals surface area (Å²) in [6.45, 7) is 29.2. The third-order valence-corrected chi connectivity index (χ3v) is 31.1. The van der Waals surface area contributed by atoms with Crippen LogP contribution >= 0.6 is 0 Å². The highest BCUT2D eigenvalue weighted by Crippen LogP contribution is 2.69. The van der Waals surface area contributed by atoms with Crippen molar-refractivity contribution in [2.45, 2.75) is 338 Å². The minimum atomic E-state index is -0.0145. The van der Waals surface area contributed by atoms with Crippen LogP contribution in [-0.4, -0.2) is 63.8 Å². The van der Waals surface area contributed by atoms with E-state index < -0.39 is 0 Å². The number of allylic oxidation sites excluding steroid dienone is 2. The largest absolute Gasteiger partial charge is 0.494 e. The van der Waals surface area contributed by atoms with Crippen LogP contribution in [0.1, 0.15) is 326 Å². The minimum Gasteiger partial charge on any atom is -0.494 e. The van der Waals surface area contributed by atoms with Crippen LogP contribution in [0.15, 0.2) is 120 Å². The Morgan fingerprint density at radius 1 is 0.351 bits per heavy atom. The Hall–Kier alpha value is -5.90. The van der Waals surface area contributed by atoms with Gasteiger partial charge in [0.05, 0.1) is 39.6 Å². The summed E-state index contributed by atoms with van der Waals surface area (Å²) < 4.78 is 49.6. The fraction of sp³-hybridized carbons (Fsp3) is 0.712. The number of carbonyl (C=O) groups excluding carboxylic acids is 2. The van der Waals surface area contributed by atoms with Crippen LogP contribution in [0.2, 0.25) is 0 Å². The van der Waals surface area contributed by atoms with E-state index in [1.165, 1.54) is 103 Å². The van der Waals surface area contributed by atoms with Crippen molar-refractivity contribution in [3.8, 4) is 45.6 Å². The van der Waals surface area contributed by atoms with E-state index in [9.17, 15) is 9.59 Å². The van der Waals surface area contributed by atoms with Crippen molar-refractivity contribution >= 4 is 11.9 Å². The average molecular weight is 1560 g/mol. The van der Waals surface area contributed by atoms with Crippen molar-refractivity contribution in [3.63, 3.8) is 0 Å². The zero-order valence-electron chi connectivity index (χ0n) is 73.1. The van der Waals surface area contributed by atoms with E-state index in [0.29, 0.717) is 63.3 Å². The highest BCUT2D eigenvalue weighted by molar-refractivity contribution is 5.70. The van der Waals surface area contributed by atoms with Crippen molar-refractivity contribution in [3.05, 3.63) is 120 Å². The van der Waals surface area contributed by atoms with Crippen molar-refractivity contribution in [2.24, 2.45) is 92.7 Å². The van der Waals surface area contributed by atoms with Gasteiger partial charge in [0.1, 0.15) is 23.7 Å². The zero-order chi connectivity index (χ0) is 79.9. The molecule has 0 amide bonds. The Bertz CT molecular complexity index is 3390. The molecule has 4 aromatic rings. The maximum Gasteiger partial charge on any atom is 0.306 e. The molecule has 0 spiro atoms. The van der Waals surface area contributed by atoms with Crippen LogP contribution in [0.25, 0.3) is 11.1 Å². The third kappa shape index (κ3) is 22.9. The highest BCUT2D eigenvalue weighted by atomic mass is 16.6. The van der Waals surface area contributed by atoms with Gasteiger partial charge in [0, 0.05) is 25.7 Å². The molecular weight excluding hydrogens is 1410 g/mol. The fourth-order valence-electron chi connectivity index (χ4n) is 24.5. The number of carbonyl (C=O) groups is 2. The van der Waals surface area contributed by atoms with Gasteiger partial charge < -0.3 is 37.9 Å². The Morgan fingerprint density at radius 3 is 1.03 bits per heavy atom. The van der Waals surface area contributed by atoms with Crippen LogP contribution < -0.4 is 28.4 Å². The van der Waals surface area contributed by atoms with E-state index in [4.69, 9.17) is 37.9 Å². The molecule has 114 heavy (non-hydrogen) atoms. The minimum absolute atomic E-state index is 0.0145. The number of rotatable bonds is 47. The summed E-state index contributed by atoms with van der Waals surface area (Å²) in [6.07, 6.45) is 50.6. The van der Waals surface area contributed by atoms with E-state index >= 15 is 0 Å². The predicted octanol–water partition coefficient (Wildman–Crippen LogP) is 28.0. The molecule has 0 saturated heterocycles. The molecule has 630 valence electrons. The maximum absolute atomic E-state index is 13.2. The smallest absolute Gasteiger partial charge is 0.306 e. The molecule has 0 aliphatic heterocycles. The number of fused-ring (bicyclic) bond motifs is 10. The number of hydrogen-bond donors (Lipinski definition) is 0. The molecule has 10 nitrogen and oxygen atoms in total. The van der Waals surface area contributed by atoms with Gasteiger partial charge in [-0.15, -0.1) is 0 Å². The van der Waals surface area contributed by atoms with Crippen LogP contribution in [0.5, 0.6) is 34.5 Å². The summed E-state index contributed by atoms with van der Waals surface area (Å²) in [7, 11) is 0. The van der Waals surface area contributed by atoms with Gasteiger partial charge >= 0.3 is 11.9 Å². The molecule has 4 aromatic carbocycles.